The van der Waals surface area contributed by atoms with Gasteiger partial charge in [0, 0.05) is 36.6 Å². The first-order valence-electron chi connectivity index (χ1n) is 23.3. The number of hydrogen-bond donors (Lipinski definition) is 0. The zero-order valence-corrected chi connectivity index (χ0v) is 38.7. The summed E-state index contributed by atoms with van der Waals surface area (Å²) in [6.45, 7) is 0. The van der Waals surface area contributed by atoms with E-state index in [1.54, 1.807) is 0 Å². The van der Waals surface area contributed by atoms with Gasteiger partial charge in [0.25, 0.3) is 0 Å². The van der Waals surface area contributed by atoms with Crippen LogP contribution in [-0.2, 0) is 0 Å². The van der Waals surface area contributed by atoms with E-state index in [0.29, 0.717) is 0 Å². The van der Waals surface area contributed by atoms with Crippen molar-refractivity contribution in [2.75, 3.05) is 0 Å². The molecule has 2 aromatic heterocycles. The van der Waals surface area contributed by atoms with Crippen LogP contribution in [0.3, 0.4) is 0 Å². The third kappa shape index (κ3) is 5.53. The van der Waals surface area contributed by atoms with E-state index >= 15 is 0 Å². The second kappa shape index (κ2) is 14.2. The molecule has 0 N–H and O–H groups in total. The van der Waals surface area contributed by atoms with Gasteiger partial charge >= 0.3 is 0 Å². The van der Waals surface area contributed by atoms with Gasteiger partial charge in [-0.3, -0.25) is 0 Å². The molecule has 3 heteroatoms. The summed E-state index contributed by atoms with van der Waals surface area (Å²) >= 11 is 1.91. The van der Waals surface area contributed by atoms with E-state index in [0.717, 1.165) is 0 Å². The highest BCUT2D eigenvalue weighted by Gasteiger charge is 2.23. The van der Waals surface area contributed by atoms with Crippen molar-refractivity contribution >= 4 is 116 Å². The Morgan fingerprint density at radius 2 is 0.791 bits per heavy atom. The summed E-state index contributed by atoms with van der Waals surface area (Å²) in [5, 5.41) is 18.5. The third-order valence-corrected chi connectivity index (χ3v) is 17.9. The normalized spacial score (nSPS) is 12.8. The first-order valence-corrected chi connectivity index (χ1v) is 25.5. The SMILES string of the molecule is c1ccc2c(c1)cc(-c1ccc3c(c1)c1cc(-c4cc5ccccc5c5ccccc45)ccc1n3-c1ccc3c(c1)[SiH2]c1cc(-c4cccc5c4sc4ccccc45)ccc1-3)c1ccccc12. The summed E-state index contributed by atoms with van der Waals surface area (Å²) < 4.78 is 5.26. The Hall–Kier alpha value is -8.08. The number of benzene rings is 12. The summed E-state index contributed by atoms with van der Waals surface area (Å²) in [6, 6.07) is 84.7. The maximum Gasteiger partial charge on any atom is 0.0892 e. The molecule has 0 unspecified atom stereocenters. The highest BCUT2D eigenvalue weighted by molar-refractivity contribution is 7.26. The Labute approximate surface area is 393 Å². The van der Waals surface area contributed by atoms with Crippen molar-refractivity contribution < 1.29 is 0 Å². The Morgan fingerprint density at radius 3 is 1.43 bits per heavy atom. The Balaban J connectivity index is 0.909. The molecule has 1 aliphatic rings. The van der Waals surface area contributed by atoms with Gasteiger partial charge in [-0.15, -0.1) is 11.3 Å². The van der Waals surface area contributed by atoms with E-state index in [2.05, 4.69) is 229 Å². The molecule has 15 rings (SSSR count). The van der Waals surface area contributed by atoms with Crippen LogP contribution in [-0.4, -0.2) is 14.1 Å². The molecule has 0 spiro atoms. The second-order valence-corrected chi connectivity index (χ2v) is 21.3. The Bertz CT molecular complexity index is 4260. The van der Waals surface area contributed by atoms with Gasteiger partial charge in [0.05, 0.1) is 20.6 Å². The van der Waals surface area contributed by atoms with Crippen LogP contribution in [0.25, 0.3) is 135 Å². The molecule has 67 heavy (non-hydrogen) atoms. The fourth-order valence-electron chi connectivity index (χ4n) is 11.7. The quantitative estimate of drug-likeness (QED) is 0.123. The molecule has 1 aliphatic heterocycles. The maximum absolute atomic E-state index is 2.53. The predicted molar refractivity (Wildman–Crippen MR) is 293 cm³/mol. The minimum Gasteiger partial charge on any atom is -0.309 e. The second-order valence-electron chi connectivity index (χ2n) is 18.4. The van der Waals surface area contributed by atoms with Gasteiger partial charge in [0.2, 0.25) is 0 Å². The molecule has 0 saturated heterocycles. The number of aromatic nitrogens is 1. The highest BCUT2D eigenvalue weighted by atomic mass is 32.1. The molecule has 3 heterocycles. The van der Waals surface area contributed by atoms with Gasteiger partial charge < -0.3 is 4.57 Å². The van der Waals surface area contributed by atoms with Crippen molar-refractivity contribution in [2.24, 2.45) is 0 Å². The molecule has 0 atom stereocenters. The van der Waals surface area contributed by atoms with E-state index in [1.807, 2.05) is 11.3 Å². The fraction of sp³-hybridized carbons (Fsp3) is 0. The van der Waals surface area contributed by atoms with E-state index in [9.17, 15) is 0 Å². The minimum atomic E-state index is -0.742. The standard InChI is InChI=1S/C64H39NSSi/c1-3-14-44-38(12-1)32-55(49-18-7-5-16-47(44)49)40-25-30-59-57(34-40)58-35-41(56-33-39-13-2-4-15-45(39)48-17-6-8-19-50(48)56)26-31-60(58)65(59)43-27-29-53-52-28-24-42(36-62(52)67-63(53)37-43)46-21-11-22-54-51-20-9-10-23-61(51)66-64(46)54/h1-37H,67H2. The minimum absolute atomic E-state index is 0.742. The average Bonchev–Trinajstić information content (AvgIpc) is 4.06. The van der Waals surface area contributed by atoms with Gasteiger partial charge in [-0.2, -0.15) is 0 Å². The van der Waals surface area contributed by atoms with Crippen LogP contribution in [0.15, 0.2) is 224 Å². The summed E-state index contributed by atoms with van der Waals surface area (Å²) in [6.07, 6.45) is 0. The van der Waals surface area contributed by atoms with Crippen LogP contribution < -0.4 is 10.4 Å². The van der Waals surface area contributed by atoms with E-state index in [-0.39, 0.29) is 0 Å². The van der Waals surface area contributed by atoms with E-state index in [4.69, 9.17) is 0 Å². The number of hydrogen-bond acceptors (Lipinski definition) is 1. The van der Waals surface area contributed by atoms with Gasteiger partial charge in [-0.05, 0) is 142 Å². The largest absolute Gasteiger partial charge is 0.309 e. The number of thiophene rings is 1. The molecule has 0 aliphatic carbocycles. The Morgan fingerprint density at radius 1 is 0.299 bits per heavy atom. The fourth-order valence-corrected chi connectivity index (χ4v) is 15.0. The van der Waals surface area contributed by atoms with Gasteiger partial charge in [-0.1, -0.05) is 180 Å². The third-order valence-electron chi connectivity index (χ3n) is 14.8. The van der Waals surface area contributed by atoms with Crippen molar-refractivity contribution in [3.8, 4) is 50.2 Å². The van der Waals surface area contributed by atoms with E-state index in [1.165, 1.54) is 146 Å². The summed E-state index contributed by atoms with van der Waals surface area (Å²) in [5.41, 5.74) is 14.1. The maximum atomic E-state index is 2.53. The first kappa shape index (κ1) is 37.2. The summed E-state index contributed by atoms with van der Waals surface area (Å²) in [7, 11) is -0.742. The smallest absolute Gasteiger partial charge is 0.0892 e. The number of nitrogens with zero attached hydrogens (tertiary/aromatic N) is 1. The monoisotopic (exact) mass is 881 g/mol. The zero-order valence-electron chi connectivity index (χ0n) is 36.4. The molecular formula is C64H39NSSi. The predicted octanol–water partition coefficient (Wildman–Crippen LogP) is 15.9. The number of fused-ring (bicyclic) bond motifs is 15. The molecule has 310 valence electrons. The van der Waals surface area contributed by atoms with Crippen LogP contribution >= 0.6 is 11.3 Å². The lowest BCUT2D eigenvalue weighted by atomic mass is 9.92. The lowest BCUT2D eigenvalue weighted by Crippen LogP contribution is -2.21. The molecule has 0 amide bonds. The molecule has 1 nitrogen and oxygen atoms in total. The molecule has 14 aromatic rings. The average molecular weight is 882 g/mol. The van der Waals surface area contributed by atoms with Crippen molar-refractivity contribution in [3.63, 3.8) is 0 Å². The lowest BCUT2D eigenvalue weighted by Gasteiger charge is -2.13. The molecule has 0 fully saturated rings. The van der Waals surface area contributed by atoms with Crippen LogP contribution in [0, 0.1) is 0 Å². The van der Waals surface area contributed by atoms with Crippen LogP contribution in [0.2, 0.25) is 0 Å². The molecule has 0 radical (unpaired) electrons. The van der Waals surface area contributed by atoms with E-state index < -0.39 is 9.52 Å². The highest BCUT2D eigenvalue weighted by Crippen LogP contribution is 2.44. The van der Waals surface area contributed by atoms with Crippen molar-refractivity contribution in [1.82, 2.24) is 4.57 Å². The Kier molecular flexibility index (Phi) is 7.88. The molecule has 12 aromatic carbocycles. The molecule has 0 bridgehead atoms. The van der Waals surface area contributed by atoms with Crippen molar-refractivity contribution in [3.05, 3.63) is 224 Å². The molecular weight excluding hydrogens is 843 g/mol. The zero-order chi connectivity index (χ0) is 43.7. The van der Waals surface area contributed by atoms with Gasteiger partial charge in [-0.25, -0.2) is 0 Å². The van der Waals surface area contributed by atoms with Crippen LogP contribution in [0.4, 0.5) is 0 Å². The van der Waals surface area contributed by atoms with Crippen LogP contribution in [0.1, 0.15) is 0 Å². The number of rotatable bonds is 4. The molecule has 0 saturated carbocycles. The van der Waals surface area contributed by atoms with Crippen molar-refractivity contribution in [1.29, 1.82) is 0 Å². The van der Waals surface area contributed by atoms with Gasteiger partial charge in [0.15, 0.2) is 0 Å². The summed E-state index contributed by atoms with van der Waals surface area (Å²) in [5.74, 6) is 0. The van der Waals surface area contributed by atoms with Gasteiger partial charge in [0.1, 0.15) is 0 Å². The lowest BCUT2D eigenvalue weighted by molar-refractivity contribution is 1.18. The van der Waals surface area contributed by atoms with Crippen LogP contribution in [0.5, 0.6) is 0 Å². The summed E-state index contributed by atoms with van der Waals surface area (Å²) in [4.78, 5) is 0. The first-order chi connectivity index (χ1) is 33.2. The van der Waals surface area contributed by atoms with Crippen molar-refractivity contribution in [2.45, 2.75) is 0 Å². The topological polar surface area (TPSA) is 4.93 Å².